The van der Waals surface area contributed by atoms with Gasteiger partial charge in [0.1, 0.15) is 0 Å². The Morgan fingerprint density at radius 1 is 1.19 bits per heavy atom. The van der Waals surface area contributed by atoms with Gasteiger partial charge in [-0.25, -0.2) is 10.8 Å². The molecule has 1 saturated heterocycles. The Balaban J connectivity index is 1.89. The van der Waals surface area contributed by atoms with Crippen molar-refractivity contribution in [2.75, 3.05) is 53.4 Å². The molecule has 0 spiro atoms. The van der Waals surface area contributed by atoms with E-state index in [1.54, 1.807) is 0 Å². The highest BCUT2D eigenvalue weighted by Crippen LogP contribution is 2.11. The molecular formula is C15H26N6. The topological polar surface area (TPSA) is 60.1 Å². The Morgan fingerprint density at radius 3 is 2.43 bits per heavy atom. The van der Waals surface area contributed by atoms with E-state index in [1.807, 2.05) is 30.3 Å². The van der Waals surface area contributed by atoms with Gasteiger partial charge in [-0.1, -0.05) is 18.2 Å². The zero-order valence-corrected chi connectivity index (χ0v) is 13.0. The average molecular weight is 290 g/mol. The van der Waals surface area contributed by atoms with Crippen LogP contribution in [0.4, 0.5) is 5.69 Å². The summed E-state index contributed by atoms with van der Waals surface area (Å²) < 4.78 is 0. The van der Waals surface area contributed by atoms with Crippen LogP contribution in [0.25, 0.3) is 0 Å². The van der Waals surface area contributed by atoms with Crippen molar-refractivity contribution in [1.82, 2.24) is 20.1 Å². The summed E-state index contributed by atoms with van der Waals surface area (Å²) >= 11 is 0. The third-order valence-electron chi connectivity index (χ3n) is 3.66. The lowest BCUT2D eigenvalue weighted by Crippen LogP contribution is -2.54. The van der Waals surface area contributed by atoms with Crippen molar-refractivity contribution in [2.24, 2.45) is 10.8 Å². The third kappa shape index (κ3) is 5.00. The maximum absolute atomic E-state index is 5.64. The lowest BCUT2D eigenvalue weighted by molar-refractivity contribution is 0.167. The van der Waals surface area contributed by atoms with E-state index in [0.29, 0.717) is 0 Å². The van der Waals surface area contributed by atoms with Crippen LogP contribution < -0.4 is 11.3 Å². The first-order valence-corrected chi connectivity index (χ1v) is 7.41. The van der Waals surface area contributed by atoms with E-state index in [-0.39, 0.29) is 0 Å². The van der Waals surface area contributed by atoms with Crippen molar-refractivity contribution in [1.29, 1.82) is 0 Å². The van der Waals surface area contributed by atoms with Gasteiger partial charge in [0.2, 0.25) is 5.96 Å². The standard InChI is InChI=1S/C15H26N6/c1-19(2)8-9-20-10-12-21(13-11-20)15(18-16)17-14-6-4-3-5-7-14/h3-7H,8-13,16H2,1-2H3,(H,17,18). The summed E-state index contributed by atoms with van der Waals surface area (Å²) in [6, 6.07) is 9.89. The maximum Gasteiger partial charge on any atom is 0.213 e. The molecule has 6 nitrogen and oxygen atoms in total. The van der Waals surface area contributed by atoms with Gasteiger partial charge in [0, 0.05) is 39.3 Å². The molecule has 1 fully saturated rings. The number of nitrogens with two attached hydrogens (primary N) is 1. The van der Waals surface area contributed by atoms with Crippen molar-refractivity contribution in [2.45, 2.75) is 0 Å². The summed E-state index contributed by atoms with van der Waals surface area (Å²) in [5, 5.41) is 0. The number of nitrogens with one attached hydrogen (secondary N) is 1. The molecule has 1 aromatic rings. The second kappa shape index (κ2) is 7.97. The third-order valence-corrected chi connectivity index (χ3v) is 3.66. The van der Waals surface area contributed by atoms with Crippen LogP contribution in [0.1, 0.15) is 0 Å². The summed E-state index contributed by atoms with van der Waals surface area (Å²) in [7, 11) is 4.22. The number of likely N-dealkylation sites (N-methyl/N-ethyl adjacent to an activating group) is 1. The predicted molar refractivity (Wildman–Crippen MR) is 87.4 cm³/mol. The minimum Gasteiger partial charge on any atom is -0.339 e. The molecule has 0 aromatic heterocycles. The minimum absolute atomic E-state index is 0.744. The zero-order valence-electron chi connectivity index (χ0n) is 13.0. The number of aliphatic imine (C=N–C) groups is 1. The molecule has 6 heteroatoms. The SMILES string of the molecule is CN(C)CCN1CCN(C(=Nc2ccccc2)NN)CC1. The van der Waals surface area contributed by atoms with E-state index in [9.17, 15) is 0 Å². The lowest BCUT2D eigenvalue weighted by atomic mass is 10.3. The van der Waals surface area contributed by atoms with Crippen molar-refractivity contribution in [3.8, 4) is 0 Å². The number of hydrogen-bond donors (Lipinski definition) is 2. The number of hydrazine groups is 1. The van der Waals surface area contributed by atoms with E-state index in [1.165, 1.54) is 0 Å². The van der Waals surface area contributed by atoms with Crippen LogP contribution in [-0.2, 0) is 0 Å². The largest absolute Gasteiger partial charge is 0.339 e. The summed E-state index contributed by atoms with van der Waals surface area (Å²) in [6.45, 7) is 6.20. The Morgan fingerprint density at radius 2 is 1.86 bits per heavy atom. The molecule has 21 heavy (non-hydrogen) atoms. The summed E-state index contributed by atoms with van der Waals surface area (Å²) in [5.41, 5.74) is 3.65. The van der Waals surface area contributed by atoms with E-state index in [2.05, 4.69) is 39.2 Å². The molecule has 3 N–H and O–H groups in total. The summed E-state index contributed by atoms with van der Waals surface area (Å²) in [6.07, 6.45) is 0. The van der Waals surface area contributed by atoms with Gasteiger partial charge in [-0.2, -0.15) is 0 Å². The molecule has 1 aromatic carbocycles. The van der Waals surface area contributed by atoms with Crippen LogP contribution in [0.3, 0.4) is 0 Å². The normalized spacial score (nSPS) is 17.3. The van der Waals surface area contributed by atoms with Gasteiger partial charge in [-0.05, 0) is 26.2 Å². The Labute approximate surface area is 127 Å². The van der Waals surface area contributed by atoms with Crippen molar-refractivity contribution in [3.05, 3.63) is 30.3 Å². The second-order valence-electron chi connectivity index (χ2n) is 5.55. The van der Waals surface area contributed by atoms with E-state index in [0.717, 1.165) is 50.9 Å². The Bertz CT molecular complexity index is 437. The van der Waals surface area contributed by atoms with Gasteiger partial charge < -0.3 is 9.80 Å². The fourth-order valence-electron chi connectivity index (χ4n) is 2.34. The highest BCUT2D eigenvalue weighted by molar-refractivity contribution is 5.82. The quantitative estimate of drug-likeness (QED) is 0.362. The molecule has 0 atom stereocenters. The van der Waals surface area contributed by atoms with Crippen molar-refractivity contribution < 1.29 is 0 Å². The average Bonchev–Trinajstić information content (AvgIpc) is 2.52. The first kappa shape index (κ1) is 15.8. The minimum atomic E-state index is 0.744. The van der Waals surface area contributed by atoms with Gasteiger partial charge in [-0.15, -0.1) is 0 Å². The number of hydrogen-bond acceptors (Lipinski definition) is 4. The van der Waals surface area contributed by atoms with E-state index >= 15 is 0 Å². The predicted octanol–water partition coefficient (Wildman–Crippen LogP) is 0.317. The second-order valence-corrected chi connectivity index (χ2v) is 5.55. The smallest absolute Gasteiger partial charge is 0.213 e. The fourth-order valence-corrected chi connectivity index (χ4v) is 2.34. The molecule has 1 aliphatic rings. The number of nitrogens with zero attached hydrogens (tertiary/aromatic N) is 4. The summed E-state index contributed by atoms with van der Waals surface area (Å²) in [4.78, 5) is 11.5. The monoisotopic (exact) mass is 290 g/mol. The summed E-state index contributed by atoms with van der Waals surface area (Å²) in [5.74, 6) is 6.39. The number of guanidine groups is 1. The molecule has 0 unspecified atom stereocenters. The highest BCUT2D eigenvalue weighted by atomic mass is 15.4. The number of rotatable bonds is 4. The van der Waals surface area contributed by atoms with Gasteiger partial charge in [0.15, 0.2) is 0 Å². The molecule has 0 saturated carbocycles. The van der Waals surface area contributed by atoms with Crippen molar-refractivity contribution >= 4 is 11.6 Å². The van der Waals surface area contributed by atoms with Crippen LogP contribution in [-0.4, -0.2) is 74.0 Å². The zero-order chi connectivity index (χ0) is 15.1. The molecule has 1 heterocycles. The maximum atomic E-state index is 5.64. The molecule has 2 rings (SSSR count). The fraction of sp³-hybridized carbons (Fsp3) is 0.533. The van der Waals surface area contributed by atoms with Crippen LogP contribution in [0.5, 0.6) is 0 Å². The van der Waals surface area contributed by atoms with Crippen LogP contribution in [0, 0.1) is 0 Å². The Hall–Kier alpha value is -1.63. The molecule has 0 aliphatic carbocycles. The number of para-hydroxylation sites is 1. The first-order chi connectivity index (χ1) is 10.2. The lowest BCUT2D eigenvalue weighted by Gasteiger charge is -2.36. The number of piperazine rings is 1. The van der Waals surface area contributed by atoms with E-state index in [4.69, 9.17) is 5.84 Å². The van der Waals surface area contributed by atoms with Gasteiger partial charge in [0.05, 0.1) is 5.69 Å². The van der Waals surface area contributed by atoms with Gasteiger partial charge in [-0.3, -0.25) is 10.3 Å². The molecule has 0 amide bonds. The molecule has 1 aliphatic heterocycles. The van der Waals surface area contributed by atoms with Crippen LogP contribution in [0.2, 0.25) is 0 Å². The molecule has 0 bridgehead atoms. The van der Waals surface area contributed by atoms with Gasteiger partial charge in [0.25, 0.3) is 0 Å². The number of benzene rings is 1. The van der Waals surface area contributed by atoms with Crippen molar-refractivity contribution in [3.63, 3.8) is 0 Å². The molecule has 116 valence electrons. The molecule has 0 radical (unpaired) electrons. The highest BCUT2D eigenvalue weighted by Gasteiger charge is 2.19. The Kier molecular flexibility index (Phi) is 5.98. The van der Waals surface area contributed by atoms with Crippen LogP contribution in [0.15, 0.2) is 35.3 Å². The molecular weight excluding hydrogens is 264 g/mol. The van der Waals surface area contributed by atoms with Gasteiger partial charge >= 0.3 is 0 Å². The van der Waals surface area contributed by atoms with E-state index < -0.39 is 0 Å². The first-order valence-electron chi connectivity index (χ1n) is 7.41. The van der Waals surface area contributed by atoms with Crippen LogP contribution >= 0.6 is 0 Å².